The van der Waals surface area contributed by atoms with Gasteiger partial charge in [-0.2, -0.15) is 0 Å². The molecule has 3 heterocycles. The van der Waals surface area contributed by atoms with Gasteiger partial charge in [0.05, 0.1) is 17.5 Å². The third kappa shape index (κ3) is 1.58. The lowest BCUT2D eigenvalue weighted by Crippen LogP contribution is -2.45. The maximum Gasteiger partial charge on any atom is 0.163 e. The number of aromatic nitrogens is 3. The van der Waals surface area contributed by atoms with Crippen molar-refractivity contribution in [2.24, 2.45) is 11.3 Å². The third-order valence-corrected chi connectivity index (χ3v) is 6.23. The number of nitrogen functional groups attached to an aromatic ring is 1. The Hall–Kier alpha value is -1.92. The Balaban J connectivity index is 1.67. The van der Waals surface area contributed by atoms with E-state index < -0.39 is 5.79 Å². The molecule has 2 N–H and O–H groups in total. The lowest BCUT2D eigenvalue weighted by molar-refractivity contribution is -0.183. The Morgan fingerprint density at radius 1 is 1.38 bits per heavy atom. The zero-order chi connectivity index (χ0) is 16.7. The molecule has 2 saturated carbocycles. The third-order valence-electron chi connectivity index (χ3n) is 6.23. The minimum Gasteiger partial charge on any atom is -0.383 e. The summed E-state index contributed by atoms with van der Waals surface area (Å²) in [6.07, 6.45) is 7.98. The van der Waals surface area contributed by atoms with Gasteiger partial charge in [0, 0.05) is 11.6 Å². The lowest BCUT2D eigenvalue weighted by Gasteiger charge is -2.47. The molecule has 5 rings (SSSR count). The van der Waals surface area contributed by atoms with Crippen molar-refractivity contribution in [1.29, 1.82) is 0 Å². The monoisotopic (exact) mass is 326 g/mol. The van der Waals surface area contributed by atoms with Gasteiger partial charge in [0.2, 0.25) is 0 Å². The minimum absolute atomic E-state index is 0.00171. The summed E-state index contributed by atoms with van der Waals surface area (Å²) in [5.74, 6) is 0.398. The molecule has 6 nitrogen and oxygen atoms in total. The Labute approximate surface area is 140 Å². The molecule has 5 atom stereocenters. The van der Waals surface area contributed by atoms with Gasteiger partial charge in [-0.1, -0.05) is 6.08 Å². The van der Waals surface area contributed by atoms with Crippen molar-refractivity contribution >= 4 is 16.9 Å². The van der Waals surface area contributed by atoms with Gasteiger partial charge >= 0.3 is 0 Å². The van der Waals surface area contributed by atoms with Gasteiger partial charge in [-0.3, -0.25) is 0 Å². The number of hydrogen-bond donors (Lipinski definition) is 1. The van der Waals surface area contributed by atoms with Crippen molar-refractivity contribution in [2.75, 3.05) is 5.73 Å². The fourth-order valence-electron chi connectivity index (χ4n) is 5.12. The largest absolute Gasteiger partial charge is 0.383 e. The Bertz CT molecular complexity index is 845. The van der Waals surface area contributed by atoms with Crippen LogP contribution < -0.4 is 5.73 Å². The van der Waals surface area contributed by atoms with E-state index in [1.807, 2.05) is 19.9 Å². The highest BCUT2D eigenvalue weighted by Gasteiger charge is 2.69. The molecular formula is C18H22N4O2. The molecule has 0 aromatic carbocycles. The Morgan fingerprint density at radius 3 is 2.92 bits per heavy atom. The zero-order valence-electron chi connectivity index (χ0n) is 14.0. The molecule has 126 valence electrons. The van der Waals surface area contributed by atoms with Gasteiger partial charge in [0.25, 0.3) is 0 Å². The van der Waals surface area contributed by atoms with Gasteiger partial charge in [0.1, 0.15) is 23.9 Å². The van der Waals surface area contributed by atoms with E-state index in [0.29, 0.717) is 11.7 Å². The molecule has 0 spiro atoms. The Morgan fingerprint density at radius 2 is 2.21 bits per heavy atom. The van der Waals surface area contributed by atoms with Crippen LogP contribution in [-0.2, 0) is 9.47 Å². The van der Waals surface area contributed by atoms with E-state index in [4.69, 9.17) is 15.2 Å². The predicted octanol–water partition coefficient (Wildman–Crippen LogP) is 2.67. The van der Waals surface area contributed by atoms with Crippen molar-refractivity contribution < 1.29 is 9.47 Å². The summed E-state index contributed by atoms with van der Waals surface area (Å²) in [7, 11) is 0. The molecular weight excluding hydrogens is 304 g/mol. The SMILES string of the molecule is C=C[C@@]12CC[C@@H]1[C@@H](n1ccc3c(N)ncnc31)[C@@H]1OC(C)(C)O[C@@H]12. The van der Waals surface area contributed by atoms with E-state index in [1.54, 1.807) is 0 Å². The molecule has 3 fully saturated rings. The number of rotatable bonds is 2. The van der Waals surface area contributed by atoms with Crippen LogP contribution in [0.3, 0.4) is 0 Å². The van der Waals surface area contributed by atoms with Crippen molar-refractivity contribution in [3.05, 3.63) is 31.2 Å². The number of nitrogens with zero attached hydrogens (tertiary/aromatic N) is 3. The summed E-state index contributed by atoms with van der Waals surface area (Å²) in [5, 5.41) is 0.891. The molecule has 3 aliphatic rings. The fraction of sp³-hybridized carbons (Fsp3) is 0.556. The van der Waals surface area contributed by atoms with Crippen molar-refractivity contribution in [3.8, 4) is 0 Å². The van der Waals surface area contributed by atoms with Crippen molar-refractivity contribution in [2.45, 2.75) is 50.7 Å². The number of fused-ring (bicyclic) bond motifs is 4. The molecule has 24 heavy (non-hydrogen) atoms. The first kappa shape index (κ1) is 14.4. The van der Waals surface area contributed by atoms with Crippen LogP contribution in [0, 0.1) is 11.3 Å². The summed E-state index contributed by atoms with van der Waals surface area (Å²) >= 11 is 0. The smallest absolute Gasteiger partial charge is 0.163 e. The predicted molar refractivity (Wildman–Crippen MR) is 90.2 cm³/mol. The maximum atomic E-state index is 6.33. The van der Waals surface area contributed by atoms with Crippen LogP contribution in [0.25, 0.3) is 11.0 Å². The maximum absolute atomic E-state index is 6.33. The average molecular weight is 326 g/mol. The normalized spacial score (nSPS) is 39.4. The van der Waals surface area contributed by atoms with Gasteiger partial charge in [-0.05, 0) is 38.7 Å². The second kappa shape index (κ2) is 4.37. The van der Waals surface area contributed by atoms with Crippen molar-refractivity contribution in [1.82, 2.24) is 14.5 Å². The standard InChI is InChI=1S/C18H22N4O2/c1-4-18-7-5-11(18)12(13-14(18)24-17(2,3)23-13)22-8-6-10-15(19)20-9-21-16(10)22/h4,6,8-9,11-14H,1,5,7H2,2-3H3,(H2,19,20,21)/t11-,12-,13+,14+,18-/m1/s1. The van der Waals surface area contributed by atoms with Gasteiger partial charge in [0.15, 0.2) is 5.79 Å². The molecule has 6 heteroatoms. The fourth-order valence-corrected chi connectivity index (χ4v) is 5.12. The summed E-state index contributed by atoms with van der Waals surface area (Å²) in [6.45, 7) is 8.10. The van der Waals surface area contributed by atoms with E-state index >= 15 is 0 Å². The van der Waals surface area contributed by atoms with Gasteiger partial charge in [-0.15, -0.1) is 6.58 Å². The molecule has 2 aromatic rings. The lowest BCUT2D eigenvalue weighted by atomic mass is 9.60. The van der Waals surface area contributed by atoms with Gasteiger partial charge < -0.3 is 19.8 Å². The number of nitrogens with two attached hydrogens (primary N) is 1. The van der Waals surface area contributed by atoms with Crippen LogP contribution >= 0.6 is 0 Å². The molecule has 1 saturated heterocycles. The summed E-state index contributed by atoms with van der Waals surface area (Å²) in [6, 6.07) is 2.17. The number of hydrogen-bond acceptors (Lipinski definition) is 5. The van der Waals surface area contributed by atoms with E-state index in [1.165, 1.54) is 6.33 Å². The van der Waals surface area contributed by atoms with Gasteiger partial charge in [-0.25, -0.2) is 9.97 Å². The van der Waals surface area contributed by atoms with E-state index in [2.05, 4.69) is 33.4 Å². The second-order valence-corrected chi connectivity index (χ2v) is 7.69. The molecule has 1 aliphatic heterocycles. The minimum atomic E-state index is -0.568. The zero-order valence-corrected chi connectivity index (χ0v) is 14.0. The highest BCUT2D eigenvalue weighted by Crippen LogP contribution is 2.66. The number of ether oxygens (including phenoxy) is 2. The van der Waals surface area contributed by atoms with E-state index in [9.17, 15) is 0 Å². The van der Waals surface area contributed by atoms with E-state index in [0.717, 1.165) is 23.9 Å². The van der Waals surface area contributed by atoms with E-state index in [-0.39, 0.29) is 23.7 Å². The summed E-state index contributed by atoms with van der Waals surface area (Å²) in [4.78, 5) is 8.57. The van der Waals surface area contributed by atoms with Crippen LogP contribution in [0.2, 0.25) is 0 Å². The first-order valence-electron chi connectivity index (χ1n) is 8.53. The van der Waals surface area contributed by atoms with Crippen molar-refractivity contribution in [3.63, 3.8) is 0 Å². The highest BCUT2D eigenvalue weighted by atomic mass is 16.8. The molecule has 2 aromatic heterocycles. The first-order chi connectivity index (χ1) is 11.5. The number of anilines is 1. The highest BCUT2D eigenvalue weighted by molar-refractivity contribution is 5.86. The topological polar surface area (TPSA) is 75.2 Å². The van der Waals surface area contributed by atoms with Crippen LogP contribution in [0.5, 0.6) is 0 Å². The molecule has 0 amide bonds. The van der Waals surface area contributed by atoms with Crippen LogP contribution in [0.1, 0.15) is 32.7 Å². The summed E-state index contributed by atoms with van der Waals surface area (Å²) < 4.78 is 14.8. The molecule has 0 unspecified atom stereocenters. The average Bonchev–Trinajstić information content (AvgIpc) is 3.10. The van der Waals surface area contributed by atoms with Crippen LogP contribution in [0.15, 0.2) is 31.2 Å². The summed E-state index contributed by atoms with van der Waals surface area (Å²) in [5.41, 5.74) is 6.87. The molecule has 2 aliphatic carbocycles. The molecule has 0 radical (unpaired) electrons. The first-order valence-corrected chi connectivity index (χ1v) is 8.53. The van der Waals surface area contributed by atoms with Crippen LogP contribution in [0.4, 0.5) is 5.82 Å². The second-order valence-electron chi connectivity index (χ2n) is 7.69. The quantitative estimate of drug-likeness (QED) is 0.859. The van der Waals surface area contributed by atoms with Crippen LogP contribution in [-0.4, -0.2) is 32.5 Å². The molecule has 0 bridgehead atoms. The Kier molecular flexibility index (Phi) is 2.63.